The van der Waals surface area contributed by atoms with Gasteiger partial charge in [-0.2, -0.15) is 0 Å². The van der Waals surface area contributed by atoms with E-state index in [4.69, 9.17) is 0 Å². The summed E-state index contributed by atoms with van der Waals surface area (Å²) in [4.78, 5) is 19.9. The van der Waals surface area contributed by atoms with E-state index in [9.17, 15) is 4.79 Å². The number of carbonyl (C=O) groups excluding carboxylic acids is 1. The normalized spacial score (nSPS) is 18.7. The van der Waals surface area contributed by atoms with Gasteiger partial charge in [0.2, 0.25) is 0 Å². The standard InChI is InChI=1S/C22H29N3OS2/c26-22(24-20-14-15-21(28-20)27-19-13-7-8-16-23-19)25(17-9-3-1-4-10-17)18-11-5-2-6-12-18/h7-8,13-18H,1-6,9-12H2,(H,24,26). The molecule has 2 fully saturated rings. The Morgan fingerprint density at radius 1 is 0.964 bits per heavy atom. The number of rotatable bonds is 5. The topological polar surface area (TPSA) is 45.2 Å². The van der Waals surface area contributed by atoms with Crippen molar-refractivity contribution >= 4 is 34.1 Å². The van der Waals surface area contributed by atoms with Gasteiger partial charge in [-0.1, -0.05) is 56.4 Å². The molecule has 0 radical (unpaired) electrons. The number of hydrogen-bond acceptors (Lipinski definition) is 4. The minimum atomic E-state index is 0.107. The van der Waals surface area contributed by atoms with E-state index in [1.807, 2.05) is 30.5 Å². The lowest BCUT2D eigenvalue weighted by Gasteiger charge is -2.41. The van der Waals surface area contributed by atoms with Crippen LogP contribution in [0.3, 0.4) is 0 Å². The molecule has 2 amide bonds. The van der Waals surface area contributed by atoms with Crippen molar-refractivity contribution in [2.45, 2.75) is 85.5 Å². The molecular formula is C22H29N3OS2. The van der Waals surface area contributed by atoms with Crippen molar-refractivity contribution < 1.29 is 4.79 Å². The van der Waals surface area contributed by atoms with Crippen LogP contribution in [0.2, 0.25) is 0 Å². The van der Waals surface area contributed by atoms with Gasteiger partial charge in [-0.3, -0.25) is 5.32 Å². The molecule has 0 aromatic carbocycles. The van der Waals surface area contributed by atoms with Crippen LogP contribution in [0.15, 0.2) is 45.8 Å². The van der Waals surface area contributed by atoms with Gasteiger partial charge in [-0.15, -0.1) is 11.3 Å². The van der Waals surface area contributed by atoms with E-state index >= 15 is 0 Å². The fourth-order valence-electron chi connectivity index (χ4n) is 4.47. The molecule has 2 saturated carbocycles. The smallest absolute Gasteiger partial charge is 0.319 e. The number of amides is 2. The van der Waals surface area contributed by atoms with Gasteiger partial charge in [-0.05, 0) is 49.9 Å². The zero-order valence-electron chi connectivity index (χ0n) is 16.3. The summed E-state index contributed by atoms with van der Waals surface area (Å²) in [6, 6.07) is 11.0. The first-order valence-corrected chi connectivity index (χ1v) is 12.2. The van der Waals surface area contributed by atoms with Crippen LogP contribution in [0.5, 0.6) is 0 Å². The molecule has 150 valence electrons. The number of urea groups is 1. The molecule has 2 heterocycles. The summed E-state index contributed by atoms with van der Waals surface area (Å²) in [6.07, 6.45) is 14.1. The van der Waals surface area contributed by atoms with Crippen LogP contribution in [0.4, 0.5) is 9.80 Å². The molecule has 0 aliphatic heterocycles. The van der Waals surface area contributed by atoms with Crippen LogP contribution in [-0.4, -0.2) is 28.0 Å². The molecule has 28 heavy (non-hydrogen) atoms. The van der Waals surface area contributed by atoms with Crippen LogP contribution in [-0.2, 0) is 0 Å². The van der Waals surface area contributed by atoms with Gasteiger partial charge < -0.3 is 4.90 Å². The Bertz CT molecular complexity index is 734. The molecule has 0 spiro atoms. The molecule has 4 rings (SSSR count). The summed E-state index contributed by atoms with van der Waals surface area (Å²) in [6.45, 7) is 0. The lowest BCUT2D eigenvalue weighted by atomic mass is 9.89. The Balaban J connectivity index is 1.43. The van der Waals surface area contributed by atoms with Crippen molar-refractivity contribution in [3.63, 3.8) is 0 Å². The first-order valence-electron chi connectivity index (χ1n) is 10.6. The SMILES string of the molecule is O=C(Nc1ccc(Sc2ccccn2)s1)N(C1CCCCC1)C1CCCCC1. The number of nitrogens with zero attached hydrogens (tertiary/aromatic N) is 2. The molecule has 1 N–H and O–H groups in total. The fourth-order valence-corrected chi connectivity index (χ4v) is 6.39. The Labute approximate surface area is 176 Å². The van der Waals surface area contributed by atoms with E-state index < -0.39 is 0 Å². The van der Waals surface area contributed by atoms with Gasteiger partial charge in [0.05, 0.1) is 9.21 Å². The molecule has 0 bridgehead atoms. The van der Waals surface area contributed by atoms with Gasteiger partial charge in [-0.25, -0.2) is 9.78 Å². The van der Waals surface area contributed by atoms with Crippen molar-refractivity contribution in [3.05, 3.63) is 36.5 Å². The number of carbonyl (C=O) groups is 1. The van der Waals surface area contributed by atoms with E-state index in [1.165, 1.54) is 38.5 Å². The molecule has 2 aliphatic rings. The lowest BCUT2D eigenvalue weighted by Crippen LogP contribution is -2.50. The van der Waals surface area contributed by atoms with E-state index in [1.54, 1.807) is 23.1 Å². The van der Waals surface area contributed by atoms with Crippen LogP contribution >= 0.6 is 23.1 Å². The highest BCUT2D eigenvalue weighted by Crippen LogP contribution is 2.36. The predicted octanol–water partition coefficient (Wildman–Crippen LogP) is 6.79. The summed E-state index contributed by atoms with van der Waals surface area (Å²) in [5, 5.41) is 5.13. The maximum atomic E-state index is 13.3. The zero-order chi connectivity index (χ0) is 19.2. The van der Waals surface area contributed by atoms with Gasteiger partial charge in [0.15, 0.2) is 0 Å². The largest absolute Gasteiger partial charge is 0.322 e. The molecule has 4 nitrogen and oxygen atoms in total. The summed E-state index contributed by atoms with van der Waals surface area (Å²) in [5.74, 6) is 0. The third-order valence-corrected chi connectivity index (χ3v) is 7.91. The maximum Gasteiger partial charge on any atom is 0.322 e. The number of thiophene rings is 1. The Morgan fingerprint density at radius 2 is 1.64 bits per heavy atom. The van der Waals surface area contributed by atoms with Crippen LogP contribution < -0.4 is 5.32 Å². The highest BCUT2D eigenvalue weighted by molar-refractivity contribution is 8.01. The summed E-state index contributed by atoms with van der Waals surface area (Å²) in [7, 11) is 0. The van der Waals surface area contributed by atoms with Gasteiger partial charge >= 0.3 is 6.03 Å². The molecule has 0 atom stereocenters. The van der Waals surface area contributed by atoms with E-state index in [0.717, 1.165) is 39.9 Å². The van der Waals surface area contributed by atoms with Gasteiger partial charge in [0.25, 0.3) is 0 Å². The van der Waals surface area contributed by atoms with Gasteiger partial charge in [0.1, 0.15) is 5.03 Å². The average molecular weight is 416 g/mol. The van der Waals surface area contributed by atoms with E-state index in [-0.39, 0.29) is 6.03 Å². The maximum absolute atomic E-state index is 13.3. The highest BCUT2D eigenvalue weighted by Gasteiger charge is 2.32. The summed E-state index contributed by atoms with van der Waals surface area (Å²) < 4.78 is 1.15. The van der Waals surface area contributed by atoms with Crippen molar-refractivity contribution in [3.8, 4) is 0 Å². The highest BCUT2D eigenvalue weighted by atomic mass is 32.2. The van der Waals surface area contributed by atoms with Crippen LogP contribution in [0.25, 0.3) is 0 Å². The number of anilines is 1. The van der Waals surface area contributed by atoms with Crippen molar-refractivity contribution in [2.75, 3.05) is 5.32 Å². The number of nitrogens with one attached hydrogen (secondary N) is 1. The fraction of sp³-hybridized carbons (Fsp3) is 0.545. The Morgan fingerprint density at radius 3 is 2.25 bits per heavy atom. The van der Waals surface area contributed by atoms with Crippen molar-refractivity contribution in [2.24, 2.45) is 0 Å². The molecule has 2 aromatic rings. The Kier molecular flexibility index (Phi) is 6.91. The minimum absolute atomic E-state index is 0.107. The Hall–Kier alpha value is -1.53. The second kappa shape index (κ2) is 9.79. The summed E-state index contributed by atoms with van der Waals surface area (Å²) >= 11 is 3.27. The average Bonchev–Trinajstić information content (AvgIpc) is 3.17. The molecule has 0 saturated heterocycles. The monoisotopic (exact) mass is 415 g/mol. The van der Waals surface area contributed by atoms with Crippen LogP contribution in [0.1, 0.15) is 64.2 Å². The number of hydrogen-bond donors (Lipinski definition) is 1. The lowest BCUT2D eigenvalue weighted by molar-refractivity contribution is 0.114. The quantitative estimate of drug-likeness (QED) is 0.584. The minimum Gasteiger partial charge on any atom is -0.319 e. The molecule has 0 unspecified atom stereocenters. The number of pyridine rings is 1. The molecule has 2 aromatic heterocycles. The van der Waals surface area contributed by atoms with Crippen LogP contribution in [0, 0.1) is 0 Å². The first-order chi connectivity index (χ1) is 13.8. The predicted molar refractivity (Wildman–Crippen MR) is 117 cm³/mol. The third-order valence-electron chi connectivity index (χ3n) is 5.83. The molecular weight excluding hydrogens is 386 g/mol. The molecule has 6 heteroatoms. The van der Waals surface area contributed by atoms with Gasteiger partial charge in [0, 0.05) is 18.3 Å². The summed E-state index contributed by atoms with van der Waals surface area (Å²) in [5.41, 5.74) is 0. The molecule has 2 aliphatic carbocycles. The first kappa shape index (κ1) is 19.8. The van der Waals surface area contributed by atoms with Crippen molar-refractivity contribution in [1.29, 1.82) is 0 Å². The number of aromatic nitrogens is 1. The van der Waals surface area contributed by atoms with Crippen molar-refractivity contribution in [1.82, 2.24) is 9.88 Å². The second-order valence-corrected chi connectivity index (χ2v) is 10.2. The van der Waals surface area contributed by atoms with E-state index in [2.05, 4.69) is 21.3 Å². The van der Waals surface area contributed by atoms with E-state index in [0.29, 0.717) is 12.1 Å². The zero-order valence-corrected chi connectivity index (χ0v) is 17.9. The third kappa shape index (κ3) is 5.09. The second-order valence-electron chi connectivity index (χ2n) is 7.81.